The smallest absolute Gasteiger partial charge is 0.266 e. The van der Waals surface area contributed by atoms with E-state index >= 15 is 19.2 Å². The Balaban J connectivity index is 0.824. The Morgan fingerprint density at radius 2 is 0.490 bits per heavy atom. The van der Waals surface area contributed by atoms with E-state index in [0.29, 0.717) is 44.4 Å². The lowest BCUT2D eigenvalue weighted by molar-refractivity contribution is 0.0878. The Hall–Kier alpha value is -9.80. The maximum Gasteiger partial charge on any atom is 0.266 e. The summed E-state index contributed by atoms with van der Waals surface area (Å²) in [6, 6.07) is 55.2. The Bertz CT molecular complexity index is 5360. The number of rotatable bonds is 30. The lowest BCUT2D eigenvalue weighted by Crippen LogP contribution is -2.41. The van der Waals surface area contributed by atoms with E-state index in [0.717, 1.165) is 210 Å². The van der Waals surface area contributed by atoms with Gasteiger partial charge in [0.15, 0.2) is 0 Å². The van der Waals surface area contributed by atoms with Crippen molar-refractivity contribution in [2.24, 2.45) is 0 Å². The van der Waals surface area contributed by atoms with Gasteiger partial charge >= 0.3 is 0 Å². The molecule has 15 aromatic rings. The summed E-state index contributed by atoms with van der Waals surface area (Å²) in [7, 11) is 0. The highest BCUT2D eigenvalue weighted by Gasteiger charge is 2.42. The van der Waals surface area contributed by atoms with E-state index in [2.05, 4.69) is 179 Å². The topological polar surface area (TPSA) is 94.5 Å². The molecule has 10 nitrogen and oxygen atoms in total. The van der Waals surface area contributed by atoms with Crippen molar-refractivity contribution < 1.29 is 19.2 Å². The third-order valence-corrected chi connectivity index (χ3v) is 23.6. The summed E-state index contributed by atoms with van der Waals surface area (Å²) in [6.07, 6.45) is 27.8. The van der Waals surface area contributed by atoms with E-state index in [1.807, 2.05) is 24.3 Å². The number of carbonyl (C=O) groups is 4. The van der Waals surface area contributed by atoms with E-state index in [9.17, 15) is 0 Å². The van der Waals surface area contributed by atoms with Crippen LogP contribution >= 0.6 is 0 Å². The highest BCUT2D eigenvalue weighted by Crippen LogP contribution is 2.53. The largest absolute Gasteiger partial charge is 0.340 e. The molecule has 102 heavy (non-hydrogen) atoms. The molecule has 4 amide bonds. The van der Waals surface area contributed by atoms with Crippen molar-refractivity contribution in [2.45, 2.75) is 208 Å². The Kier molecular flexibility index (Phi) is 17.7. The number of para-hydroxylation sites is 4. The number of aryl methyl sites for hydroxylation is 4. The first-order chi connectivity index (χ1) is 50.3. The van der Waals surface area contributed by atoms with Crippen molar-refractivity contribution in [3.63, 3.8) is 0 Å². The van der Waals surface area contributed by atoms with Gasteiger partial charge in [-0.15, -0.1) is 0 Å². The zero-order chi connectivity index (χ0) is 69.3. The highest BCUT2D eigenvalue weighted by atomic mass is 16.2. The van der Waals surface area contributed by atoms with Crippen molar-refractivity contribution in [2.75, 3.05) is 9.80 Å². The first kappa shape index (κ1) is 65.5. The molecule has 0 aliphatic carbocycles. The minimum atomic E-state index is -0.345. The molecule has 2 aliphatic rings. The third kappa shape index (κ3) is 10.4. The van der Waals surface area contributed by atoms with Crippen molar-refractivity contribution in [1.82, 2.24) is 18.3 Å². The van der Waals surface area contributed by atoms with Gasteiger partial charge < -0.3 is 18.3 Å². The second kappa shape index (κ2) is 27.5. The molecule has 516 valence electrons. The van der Waals surface area contributed by atoms with Gasteiger partial charge in [-0.25, -0.2) is 9.80 Å². The molecule has 0 fully saturated rings. The lowest BCUT2D eigenvalue weighted by atomic mass is 9.82. The molecule has 0 saturated heterocycles. The molecule has 0 N–H and O–H groups in total. The molecule has 11 aromatic carbocycles. The zero-order valence-corrected chi connectivity index (χ0v) is 60.1. The Morgan fingerprint density at radius 1 is 0.225 bits per heavy atom. The second-order valence-corrected chi connectivity index (χ2v) is 29.8. The van der Waals surface area contributed by atoms with Gasteiger partial charge in [-0.3, -0.25) is 19.2 Å². The van der Waals surface area contributed by atoms with E-state index in [1.165, 1.54) is 89.9 Å². The second-order valence-electron chi connectivity index (χ2n) is 29.8. The average Bonchev–Trinajstić information content (AvgIpc) is 1.10. The normalized spacial score (nSPS) is 13.6. The first-order valence-corrected chi connectivity index (χ1v) is 39.1. The average molecular weight is 1350 g/mol. The number of hydrogen-bond acceptors (Lipinski definition) is 4. The van der Waals surface area contributed by atoms with Crippen LogP contribution in [-0.4, -0.2) is 41.9 Å². The van der Waals surface area contributed by atoms with Crippen LogP contribution in [0.2, 0.25) is 0 Å². The fourth-order valence-corrected chi connectivity index (χ4v) is 18.7. The van der Waals surface area contributed by atoms with Crippen molar-refractivity contribution in [3.8, 4) is 0 Å². The van der Waals surface area contributed by atoms with Gasteiger partial charge in [0.2, 0.25) is 0 Å². The molecule has 4 aromatic heterocycles. The van der Waals surface area contributed by atoms with Gasteiger partial charge in [-0.05, 0) is 119 Å². The van der Waals surface area contributed by atoms with Crippen molar-refractivity contribution in [1.29, 1.82) is 0 Å². The van der Waals surface area contributed by atoms with E-state index in [-0.39, 0.29) is 23.6 Å². The Morgan fingerprint density at radius 3 is 0.804 bits per heavy atom. The predicted octanol–water partition coefficient (Wildman–Crippen LogP) is 25.2. The van der Waals surface area contributed by atoms with Gasteiger partial charge in [-0.2, -0.15) is 0 Å². The minimum absolute atomic E-state index is 0.345. The molecule has 0 atom stereocenters. The molecule has 0 radical (unpaired) electrons. The van der Waals surface area contributed by atoms with Crippen LogP contribution in [0.15, 0.2) is 158 Å². The molecule has 6 heterocycles. The van der Waals surface area contributed by atoms with Crippen LogP contribution in [0.1, 0.15) is 223 Å². The maximum atomic E-state index is 16.5. The molecule has 0 saturated carbocycles. The van der Waals surface area contributed by atoms with Crippen LogP contribution in [0.4, 0.5) is 11.4 Å². The highest BCUT2D eigenvalue weighted by molar-refractivity contribution is 6.48. The van der Waals surface area contributed by atoms with E-state index in [4.69, 9.17) is 0 Å². The van der Waals surface area contributed by atoms with Crippen LogP contribution in [0, 0.1) is 0 Å². The van der Waals surface area contributed by atoms with Gasteiger partial charge in [0.05, 0.1) is 33.4 Å². The summed E-state index contributed by atoms with van der Waals surface area (Å²) >= 11 is 0. The lowest BCUT2D eigenvalue weighted by Gasteiger charge is -2.31. The summed E-state index contributed by atoms with van der Waals surface area (Å²) in [6.45, 7) is 12.2. The Labute approximate surface area is 597 Å². The first-order valence-electron chi connectivity index (χ1n) is 39.1. The van der Waals surface area contributed by atoms with E-state index < -0.39 is 0 Å². The summed E-state index contributed by atoms with van der Waals surface area (Å²) in [5, 5.41) is 14.6. The molecule has 0 spiro atoms. The summed E-state index contributed by atoms with van der Waals surface area (Å²) in [4.78, 5) is 68.9. The van der Waals surface area contributed by atoms with Crippen LogP contribution in [0.25, 0.3) is 130 Å². The fraction of sp³-hybridized carbons (Fsp3) is 0.348. The fourth-order valence-electron chi connectivity index (χ4n) is 18.7. The van der Waals surface area contributed by atoms with Crippen LogP contribution < -0.4 is 9.80 Å². The monoisotopic (exact) mass is 1350 g/mol. The van der Waals surface area contributed by atoms with Crippen LogP contribution in [0.5, 0.6) is 0 Å². The van der Waals surface area contributed by atoms with Gasteiger partial charge in [0.1, 0.15) is 0 Å². The summed E-state index contributed by atoms with van der Waals surface area (Å²) in [5.74, 6) is -1.38. The van der Waals surface area contributed by atoms with Gasteiger partial charge in [0, 0.05) is 124 Å². The number of benzene rings is 11. The molecule has 0 unspecified atom stereocenters. The SMILES string of the molecule is CCCCCCCCn1c2ccccc2c2c(N3C(=O)c4ccc5c6ccc7c8c(ccc(c9ccc(c4c59)C3=O)c86)C(=O)N(c3c4c5ccccc5n(CCCCCCCC)c4cc4c5ccccc5n(CCCCCCCC)c34)C7=O)c3c(cc21)c1ccccc1n3CCCCCCCC. The number of fused-ring (bicyclic) bond motifs is 14. The third-order valence-electron chi connectivity index (χ3n) is 23.6. The number of nitrogens with zero attached hydrogens (tertiary/aromatic N) is 6. The number of amides is 4. The number of anilines is 2. The quantitative estimate of drug-likeness (QED) is 0.0194. The molecule has 10 heteroatoms. The zero-order valence-electron chi connectivity index (χ0n) is 60.1. The van der Waals surface area contributed by atoms with Crippen molar-refractivity contribution in [3.05, 3.63) is 180 Å². The number of carbonyl (C=O) groups excluding carboxylic acids is 4. The maximum absolute atomic E-state index is 16.5. The van der Waals surface area contributed by atoms with E-state index in [1.54, 1.807) is 9.80 Å². The number of aromatic nitrogens is 4. The molecular formula is C92H94N6O4. The van der Waals surface area contributed by atoms with Crippen LogP contribution in [0.3, 0.4) is 0 Å². The van der Waals surface area contributed by atoms with Crippen LogP contribution in [-0.2, 0) is 26.2 Å². The molecule has 17 rings (SSSR count). The number of imide groups is 2. The van der Waals surface area contributed by atoms with Gasteiger partial charge in [-0.1, -0.05) is 253 Å². The molecular weight excluding hydrogens is 1250 g/mol. The van der Waals surface area contributed by atoms with Crippen molar-refractivity contribution >= 4 is 165 Å². The minimum Gasteiger partial charge on any atom is -0.340 e. The summed E-state index contributed by atoms with van der Waals surface area (Å²) in [5.41, 5.74) is 11.5. The molecule has 2 aliphatic heterocycles. The van der Waals surface area contributed by atoms with Gasteiger partial charge in [0.25, 0.3) is 23.6 Å². The molecule has 0 bridgehead atoms. The predicted molar refractivity (Wildman–Crippen MR) is 428 cm³/mol. The number of hydrogen-bond donors (Lipinski definition) is 0. The number of unbranched alkanes of at least 4 members (excludes halogenated alkanes) is 20. The summed E-state index contributed by atoms with van der Waals surface area (Å²) < 4.78 is 9.78. The standard InChI is InChI=1S/C92H94N6O4/c1-5-9-13-17-21-33-53-93-75-43-31-27-39-65(75)83-77(93)57-71-59-37-25-29-41-73(59)95(55-35-23-19-15-11-7-3)85(71)87(83)97-89(99)67-49-45-61-63-47-51-69-82-70(52-48-64(80(63)82)62-46-50-68(90(97)100)81(67)79(61)62)92(102)98(91(69)101)88-84-66-40-28-32-44-76(66)94(54-34-22-18-14-10-6-2)78(84)58-72-60-38-26-30-42-74(60)96(86(72)88)56-36-24-20-16-12-8-4/h25-32,37-52,57-58H,5-24,33-36,53-56H2,1-4H3.